The van der Waals surface area contributed by atoms with Crippen LogP contribution in [0.3, 0.4) is 0 Å². The molecule has 4 amide bonds. The maximum absolute atomic E-state index is 13.4. The van der Waals surface area contributed by atoms with E-state index in [0.717, 1.165) is 12.8 Å². The molecule has 3 aromatic carbocycles. The summed E-state index contributed by atoms with van der Waals surface area (Å²) in [5, 5.41) is 6.10. The zero-order chi connectivity index (χ0) is 40.5. The van der Waals surface area contributed by atoms with Crippen LogP contribution >= 0.6 is 0 Å². The van der Waals surface area contributed by atoms with E-state index in [0.29, 0.717) is 43.2 Å². The maximum atomic E-state index is 13.4. The Morgan fingerprint density at radius 2 is 0.842 bits per heavy atom. The monoisotopic (exact) mass is 776 g/mol. The lowest BCUT2D eigenvalue weighted by atomic mass is 9.83. The van der Waals surface area contributed by atoms with Crippen molar-refractivity contribution in [1.29, 1.82) is 0 Å². The van der Waals surface area contributed by atoms with Crippen LogP contribution in [-0.4, -0.2) is 70.2 Å². The van der Waals surface area contributed by atoms with Crippen molar-refractivity contribution in [1.82, 2.24) is 9.80 Å². The summed E-state index contributed by atoms with van der Waals surface area (Å²) in [4.78, 5) is 55.5. The molecule has 2 saturated carbocycles. The van der Waals surface area contributed by atoms with Gasteiger partial charge in [0, 0.05) is 24.5 Å². The van der Waals surface area contributed by atoms with Crippen molar-refractivity contribution in [3.63, 3.8) is 0 Å². The summed E-state index contributed by atoms with van der Waals surface area (Å²) in [6.45, 7) is 12.0. The number of carbonyl (C=O) groups excluding carboxylic acids is 4. The molecular weight excluding hydrogens is 717 g/mol. The average molecular weight is 777 g/mol. The summed E-state index contributed by atoms with van der Waals surface area (Å²) in [5.41, 5.74) is 5.25. The molecule has 0 spiro atoms. The second kappa shape index (κ2) is 16.5. The predicted molar refractivity (Wildman–Crippen MR) is 223 cm³/mol. The van der Waals surface area contributed by atoms with Crippen molar-refractivity contribution >= 4 is 35.4 Å². The van der Waals surface area contributed by atoms with Crippen LogP contribution in [0.2, 0.25) is 0 Å². The van der Waals surface area contributed by atoms with Gasteiger partial charge in [0.15, 0.2) is 0 Å². The smallest absolute Gasteiger partial charge is 0.410 e. The molecule has 2 N–H and O–H groups in total. The lowest BCUT2D eigenvalue weighted by Gasteiger charge is -2.28. The molecule has 2 aliphatic heterocycles. The Balaban J connectivity index is 1.06. The summed E-state index contributed by atoms with van der Waals surface area (Å²) < 4.78 is 11.1. The lowest BCUT2D eigenvalue weighted by Crippen LogP contribution is -2.45. The Kier molecular flexibility index (Phi) is 11.7. The number of hydrogen-bond donors (Lipinski definition) is 2. The Morgan fingerprint density at radius 3 is 1.21 bits per heavy atom. The number of rotatable bonds is 8. The highest BCUT2D eigenvalue weighted by Crippen LogP contribution is 2.66. The lowest BCUT2D eigenvalue weighted by molar-refractivity contribution is -0.121. The number of hydrogen-bond acceptors (Lipinski definition) is 6. The minimum atomic E-state index is -0.632. The molecule has 10 nitrogen and oxygen atoms in total. The molecule has 10 heteroatoms. The molecule has 0 aromatic heterocycles. The molecule has 4 atom stereocenters. The van der Waals surface area contributed by atoms with Gasteiger partial charge in [0.25, 0.3) is 0 Å². The van der Waals surface area contributed by atoms with Gasteiger partial charge in [-0.15, -0.1) is 0 Å². The molecule has 4 aliphatic rings. The van der Waals surface area contributed by atoms with Crippen LogP contribution in [0.4, 0.5) is 21.0 Å². The minimum absolute atomic E-state index is 0.205. The second-order valence-electron chi connectivity index (χ2n) is 18.5. The fourth-order valence-electron chi connectivity index (χ4n) is 9.17. The summed E-state index contributed by atoms with van der Waals surface area (Å²) in [7, 11) is 0. The van der Waals surface area contributed by atoms with E-state index < -0.39 is 35.5 Å². The molecule has 304 valence electrons. The highest BCUT2D eigenvalue weighted by molar-refractivity contribution is 5.97. The Hall–Kier alpha value is -4.86. The molecular formula is C47H60N4O6. The first-order valence-electron chi connectivity index (χ1n) is 21.1. The number of benzene rings is 3. The molecule has 2 saturated heterocycles. The van der Waals surface area contributed by atoms with Gasteiger partial charge in [0.2, 0.25) is 11.8 Å². The number of likely N-dealkylation sites (tertiary alicyclic amines) is 2. The highest BCUT2D eigenvalue weighted by Gasteiger charge is 2.52. The molecule has 57 heavy (non-hydrogen) atoms. The van der Waals surface area contributed by atoms with E-state index in [1.54, 1.807) is 0 Å². The van der Waals surface area contributed by atoms with Gasteiger partial charge in [-0.2, -0.15) is 0 Å². The molecule has 7 rings (SSSR count). The van der Waals surface area contributed by atoms with Gasteiger partial charge in [-0.3, -0.25) is 19.4 Å². The third-order valence-electron chi connectivity index (χ3n) is 11.9. The topological polar surface area (TPSA) is 117 Å². The summed E-state index contributed by atoms with van der Waals surface area (Å²) >= 11 is 0. The quantitative estimate of drug-likeness (QED) is 0.235. The zero-order valence-corrected chi connectivity index (χ0v) is 34.5. The summed E-state index contributed by atoms with van der Waals surface area (Å²) in [5.74, 6) is 0.967. The number of ether oxygens (including phenoxy) is 2. The van der Waals surface area contributed by atoms with Gasteiger partial charge in [0.1, 0.15) is 23.3 Å². The van der Waals surface area contributed by atoms with E-state index in [1.165, 1.54) is 64.2 Å². The van der Waals surface area contributed by atoms with Crippen LogP contribution in [0.15, 0.2) is 72.8 Å². The Labute approximate surface area is 338 Å². The van der Waals surface area contributed by atoms with Crippen LogP contribution in [0.25, 0.3) is 0 Å². The van der Waals surface area contributed by atoms with Crippen molar-refractivity contribution in [2.75, 3.05) is 23.7 Å². The van der Waals surface area contributed by atoms with Crippen molar-refractivity contribution in [3.05, 3.63) is 95.1 Å². The fourth-order valence-corrected chi connectivity index (χ4v) is 9.17. The van der Waals surface area contributed by atoms with Crippen molar-refractivity contribution in [2.24, 2.45) is 0 Å². The predicted octanol–water partition coefficient (Wildman–Crippen LogP) is 10.1. The minimum Gasteiger partial charge on any atom is -0.444 e. The molecule has 2 unspecified atom stereocenters. The van der Waals surface area contributed by atoms with E-state index >= 15 is 0 Å². The SMILES string of the molecule is CC(C)(C)OC(=O)N1CCC[C@H]1C(=O)Nc1ccc(C2C(c3ccc(NC(=O)[C@@H]4CCCN4C(=O)OC(C)(C)C)cc3)C2c2ccc(C3CCCCC3)cc2)cc1. The van der Waals surface area contributed by atoms with E-state index in [2.05, 4.69) is 59.2 Å². The molecule has 3 aromatic rings. The molecule has 2 aliphatic carbocycles. The molecule has 0 radical (unpaired) electrons. The van der Waals surface area contributed by atoms with Crippen molar-refractivity contribution in [3.8, 4) is 0 Å². The number of nitrogens with zero attached hydrogens (tertiary/aromatic N) is 2. The van der Waals surface area contributed by atoms with Crippen molar-refractivity contribution < 1.29 is 28.7 Å². The van der Waals surface area contributed by atoms with Crippen LogP contribution in [-0.2, 0) is 19.1 Å². The van der Waals surface area contributed by atoms with Crippen molar-refractivity contribution in [2.45, 2.75) is 146 Å². The zero-order valence-electron chi connectivity index (χ0n) is 34.5. The van der Waals surface area contributed by atoms with E-state index in [-0.39, 0.29) is 29.6 Å². The van der Waals surface area contributed by atoms with Gasteiger partial charge >= 0.3 is 12.2 Å². The molecule has 4 fully saturated rings. The third kappa shape index (κ3) is 9.65. The van der Waals surface area contributed by atoms with Gasteiger partial charge < -0.3 is 20.1 Å². The Morgan fingerprint density at radius 1 is 0.491 bits per heavy atom. The first kappa shape index (κ1) is 40.3. The maximum Gasteiger partial charge on any atom is 0.410 e. The van der Waals surface area contributed by atoms with Gasteiger partial charge in [-0.05, 0) is 150 Å². The van der Waals surface area contributed by atoms with E-state index in [4.69, 9.17) is 9.47 Å². The van der Waals surface area contributed by atoms with Crippen LogP contribution in [0.5, 0.6) is 0 Å². The van der Waals surface area contributed by atoms with Gasteiger partial charge in [-0.1, -0.05) is 67.8 Å². The second-order valence-corrected chi connectivity index (χ2v) is 18.5. The standard InChI is InChI=1S/C47H60N4O6/c1-46(2,3)56-44(54)50-28-10-14-37(50)42(52)48-35-24-20-33(21-25-35)40-39(32-18-16-31(17-19-32)30-12-8-7-9-13-30)41(40)34-22-26-36(27-23-34)49-43(53)38-15-11-29-51(38)45(55)57-47(4,5)6/h16-27,30,37-41H,7-15,28-29H2,1-6H3,(H,48,52)(H,49,53)/t37-,38-,39?,40?,41?/m0/s1. The number of carbonyl (C=O) groups is 4. The van der Waals surface area contributed by atoms with E-state index in [1.807, 2.05) is 65.8 Å². The fraction of sp³-hybridized carbons (Fsp3) is 0.532. The summed E-state index contributed by atoms with van der Waals surface area (Å²) in [6, 6.07) is 24.4. The normalized spacial score (nSPS) is 23.9. The Bertz CT molecular complexity index is 1800. The number of amides is 4. The van der Waals surface area contributed by atoms with Crippen LogP contribution < -0.4 is 10.6 Å². The largest absolute Gasteiger partial charge is 0.444 e. The highest BCUT2D eigenvalue weighted by atomic mass is 16.6. The number of nitrogens with one attached hydrogen (secondary N) is 2. The first-order chi connectivity index (χ1) is 27.1. The molecule has 0 bridgehead atoms. The summed E-state index contributed by atoms with van der Waals surface area (Å²) in [6.07, 6.45) is 8.26. The van der Waals surface area contributed by atoms with Crippen LogP contribution in [0, 0.1) is 0 Å². The molecule has 2 heterocycles. The van der Waals surface area contributed by atoms with E-state index in [9.17, 15) is 19.2 Å². The van der Waals surface area contributed by atoms with Crippen LogP contribution in [0.1, 0.15) is 145 Å². The first-order valence-corrected chi connectivity index (χ1v) is 21.1. The number of anilines is 2. The van der Waals surface area contributed by atoms with Gasteiger partial charge in [-0.25, -0.2) is 9.59 Å². The third-order valence-corrected chi connectivity index (χ3v) is 11.9. The average Bonchev–Trinajstić information content (AvgIpc) is 3.46. The van der Waals surface area contributed by atoms with Gasteiger partial charge in [0.05, 0.1) is 0 Å².